The first-order chi connectivity index (χ1) is 7.69. The predicted molar refractivity (Wildman–Crippen MR) is 71.8 cm³/mol. The first-order valence-electron chi connectivity index (χ1n) is 5.76. The van der Waals surface area contributed by atoms with Crippen molar-refractivity contribution < 1.29 is 4.74 Å². The third-order valence-electron chi connectivity index (χ3n) is 2.54. The highest BCUT2D eigenvalue weighted by molar-refractivity contribution is 9.10. The molecular weight excluding hydrogens is 266 g/mol. The largest absolute Gasteiger partial charge is 0.380 e. The second-order valence-corrected chi connectivity index (χ2v) is 4.63. The molecule has 1 atom stereocenters. The molecule has 0 aliphatic carbocycles. The van der Waals surface area contributed by atoms with Crippen molar-refractivity contribution in [1.29, 1.82) is 0 Å². The van der Waals surface area contributed by atoms with Crippen LogP contribution in [0.5, 0.6) is 0 Å². The van der Waals surface area contributed by atoms with Crippen LogP contribution in [0.4, 0.5) is 0 Å². The molecule has 1 aromatic carbocycles. The van der Waals surface area contributed by atoms with Crippen LogP contribution in [0.15, 0.2) is 22.7 Å². The highest BCUT2D eigenvalue weighted by Gasteiger charge is 2.10. The molecule has 2 nitrogen and oxygen atoms in total. The minimum atomic E-state index is 0.279. The van der Waals surface area contributed by atoms with Gasteiger partial charge in [-0.2, -0.15) is 0 Å². The summed E-state index contributed by atoms with van der Waals surface area (Å²) in [5.74, 6) is 0. The monoisotopic (exact) mass is 285 g/mol. The summed E-state index contributed by atoms with van der Waals surface area (Å²) in [7, 11) is 0. The fourth-order valence-corrected chi connectivity index (χ4v) is 1.98. The number of ether oxygens (including phenoxy) is 1. The Kier molecular flexibility index (Phi) is 6.03. The van der Waals surface area contributed by atoms with Crippen molar-refractivity contribution in [1.82, 2.24) is 5.32 Å². The van der Waals surface area contributed by atoms with Crippen molar-refractivity contribution in [2.75, 3.05) is 19.8 Å². The van der Waals surface area contributed by atoms with Crippen LogP contribution in [0.25, 0.3) is 0 Å². The molecule has 0 heterocycles. The van der Waals surface area contributed by atoms with Gasteiger partial charge < -0.3 is 10.1 Å². The summed E-state index contributed by atoms with van der Waals surface area (Å²) in [6.07, 6.45) is 0. The van der Waals surface area contributed by atoms with Gasteiger partial charge in [-0.1, -0.05) is 35.0 Å². The van der Waals surface area contributed by atoms with Crippen LogP contribution in [-0.4, -0.2) is 19.8 Å². The normalized spacial score (nSPS) is 12.8. The van der Waals surface area contributed by atoms with E-state index in [0.717, 1.165) is 24.2 Å². The summed E-state index contributed by atoms with van der Waals surface area (Å²) in [6, 6.07) is 6.74. The van der Waals surface area contributed by atoms with Gasteiger partial charge >= 0.3 is 0 Å². The van der Waals surface area contributed by atoms with E-state index in [2.05, 4.69) is 53.3 Å². The zero-order valence-electron chi connectivity index (χ0n) is 10.2. The maximum Gasteiger partial charge on any atom is 0.0661 e. The van der Waals surface area contributed by atoms with Gasteiger partial charge in [0.25, 0.3) is 0 Å². The molecule has 0 bridgehead atoms. The molecule has 0 aliphatic rings. The molecule has 1 unspecified atom stereocenters. The lowest BCUT2D eigenvalue weighted by molar-refractivity contribution is 0.123. The lowest BCUT2D eigenvalue weighted by atomic mass is 10.1. The Morgan fingerprint density at radius 2 is 2.12 bits per heavy atom. The third-order valence-corrected chi connectivity index (χ3v) is 3.39. The summed E-state index contributed by atoms with van der Waals surface area (Å²) in [4.78, 5) is 0. The number of rotatable bonds is 6. The Morgan fingerprint density at radius 1 is 1.38 bits per heavy atom. The van der Waals surface area contributed by atoms with Crippen molar-refractivity contribution in [3.63, 3.8) is 0 Å². The lowest BCUT2D eigenvalue weighted by Crippen LogP contribution is -2.25. The van der Waals surface area contributed by atoms with Gasteiger partial charge in [0.05, 0.1) is 12.6 Å². The van der Waals surface area contributed by atoms with Gasteiger partial charge in [0.15, 0.2) is 0 Å². The number of hydrogen-bond acceptors (Lipinski definition) is 2. The van der Waals surface area contributed by atoms with Crippen LogP contribution in [0, 0.1) is 6.92 Å². The van der Waals surface area contributed by atoms with Crippen molar-refractivity contribution in [3.8, 4) is 0 Å². The van der Waals surface area contributed by atoms with E-state index in [1.807, 2.05) is 6.92 Å². The molecule has 1 N–H and O–H groups in total. The van der Waals surface area contributed by atoms with E-state index >= 15 is 0 Å². The van der Waals surface area contributed by atoms with Crippen LogP contribution < -0.4 is 5.32 Å². The Labute approximate surface area is 107 Å². The number of nitrogens with one attached hydrogen (secondary N) is 1. The smallest absolute Gasteiger partial charge is 0.0661 e. The highest BCUT2D eigenvalue weighted by Crippen LogP contribution is 2.22. The quantitative estimate of drug-likeness (QED) is 0.865. The van der Waals surface area contributed by atoms with E-state index in [0.29, 0.717) is 0 Å². The fraction of sp³-hybridized carbons (Fsp3) is 0.538. The Balaban J connectivity index is 2.78. The standard InChI is InChI=1S/C13H20BrNO/c1-4-15-13(9-16-5-2)11-7-6-10(3)12(14)8-11/h6-8,13,15H,4-5,9H2,1-3H3. The van der Waals surface area contributed by atoms with Crippen molar-refractivity contribution in [3.05, 3.63) is 33.8 Å². The molecule has 0 radical (unpaired) electrons. The minimum Gasteiger partial charge on any atom is -0.380 e. The predicted octanol–water partition coefficient (Wildman–Crippen LogP) is 3.44. The molecular formula is C13H20BrNO. The zero-order valence-corrected chi connectivity index (χ0v) is 11.8. The number of hydrogen-bond donors (Lipinski definition) is 1. The maximum atomic E-state index is 5.49. The average molecular weight is 286 g/mol. The topological polar surface area (TPSA) is 21.3 Å². The summed E-state index contributed by atoms with van der Waals surface area (Å²) in [5, 5.41) is 3.43. The van der Waals surface area contributed by atoms with Crippen LogP contribution in [0.2, 0.25) is 0 Å². The molecule has 1 rings (SSSR count). The van der Waals surface area contributed by atoms with E-state index in [1.54, 1.807) is 0 Å². The number of benzene rings is 1. The van der Waals surface area contributed by atoms with Gasteiger partial charge in [-0.05, 0) is 37.6 Å². The van der Waals surface area contributed by atoms with E-state index in [4.69, 9.17) is 4.74 Å². The molecule has 0 saturated heterocycles. The first-order valence-corrected chi connectivity index (χ1v) is 6.55. The van der Waals surface area contributed by atoms with Gasteiger partial charge in [-0.25, -0.2) is 0 Å². The van der Waals surface area contributed by atoms with Crippen LogP contribution in [0.3, 0.4) is 0 Å². The number of likely N-dealkylation sites (N-methyl/N-ethyl adjacent to an activating group) is 1. The Morgan fingerprint density at radius 3 is 2.69 bits per heavy atom. The van der Waals surface area contributed by atoms with E-state index in [-0.39, 0.29) is 6.04 Å². The Bertz CT molecular complexity index is 328. The van der Waals surface area contributed by atoms with Gasteiger partial charge in [-0.15, -0.1) is 0 Å². The molecule has 0 amide bonds. The average Bonchev–Trinajstić information content (AvgIpc) is 2.28. The second-order valence-electron chi connectivity index (χ2n) is 3.78. The first kappa shape index (κ1) is 13.7. The van der Waals surface area contributed by atoms with Crippen LogP contribution in [0.1, 0.15) is 31.0 Å². The second kappa shape index (κ2) is 7.05. The molecule has 1 aromatic rings. The lowest BCUT2D eigenvalue weighted by Gasteiger charge is -2.18. The number of halogens is 1. The molecule has 16 heavy (non-hydrogen) atoms. The zero-order chi connectivity index (χ0) is 12.0. The molecule has 90 valence electrons. The maximum absolute atomic E-state index is 5.49. The van der Waals surface area contributed by atoms with Crippen LogP contribution >= 0.6 is 15.9 Å². The fourth-order valence-electron chi connectivity index (χ4n) is 1.58. The third kappa shape index (κ3) is 3.89. The minimum absolute atomic E-state index is 0.279. The molecule has 0 spiro atoms. The SMILES string of the molecule is CCNC(COCC)c1ccc(C)c(Br)c1. The van der Waals surface area contributed by atoms with E-state index in [1.165, 1.54) is 11.1 Å². The van der Waals surface area contributed by atoms with E-state index in [9.17, 15) is 0 Å². The molecule has 3 heteroatoms. The molecule has 0 aliphatic heterocycles. The van der Waals surface area contributed by atoms with Gasteiger partial charge in [0.1, 0.15) is 0 Å². The molecule has 0 aromatic heterocycles. The van der Waals surface area contributed by atoms with Gasteiger partial charge in [0.2, 0.25) is 0 Å². The van der Waals surface area contributed by atoms with Gasteiger partial charge in [0, 0.05) is 11.1 Å². The summed E-state index contributed by atoms with van der Waals surface area (Å²) >= 11 is 3.57. The van der Waals surface area contributed by atoms with Crippen molar-refractivity contribution in [2.45, 2.75) is 26.8 Å². The highest BCUT2D eigenvalue weighted by atomic mass is 79.9. The summed E-state index contributed by atoms with van der Waals surface area (Å²) in [6.45, 7) is 8.66. The van der Waals surface area contributed by atoms with Gasteiger partial charge in [-0.3, -0.25) is 0 Å². The molecule has 0 saturated carbocycles. The van der Waals surface area contributed by atoms with Crippen molar-refractivity contribution >= 4 is 15.9 Å². The number of aryl methyl sites for hydroxylation is 1. The van der Waals surface area contributed by atoms with Crippen LogP contribution in [-0.2, 0) is 4.74 Å². The Hall–Kier alpha value is -0.380. The molecule has 0 fully saturated rings. The summed E-state index contributed by atoms with van der Waals surface area (Å²) in [5.41, 5.74) is 2.53. The van der Waals surface area contributed by atoms with Crippen molar-refractivity contribution in [2.24, 2.45) is 0 Å². The summed E-state index contributed by atoms with van der Waals surface area (Å²) < 4.78 is 6.65. The van der Waals surface area contributed by atoms with E-state index < -0.39 is 0 Å².